The van der Waals surface area contributed by atoms with E-state index in [0.29, 0.717) is 6.54 Å². The van der Waals surface area contributed by atoms with E-state index >= 15 is 0 Å². The number of benzene rings is 1. The lowest BCUT2D eigenvalue weighted by atomic mass is 10.0. The van der Waals surface area contributed by atoms with Crippen LogP contribution in [0.4, 0.5) is 0 Å². The van der Waals surface area contributed by atoms with Gasteiger partial charge in [0.2, 0.25) is 0 Å². The number of hydrogen-bond acceptors (Lipinski definition) is 3. The van der Waals surface area contributed by atoms with Crippen LogP contribution in [0.5, 0.6) is 0 Å². The third-order valence-electron chi connectivity index (χ3n) is 4.95. The molecular weight excluding hydrogens is 312 g/mol. The van der Waals surface area contributed by atoms with Gasteiger partial charge in [-0.25, -0.2) is 4.99 Å². The maximum absolute atomic E-state index is 9.44. The SMILES string of the molecule is CCNC(=NCc1ccccc1CO)NCCN1CCCCC1CC. The van der Waals surface area contributed by atoms with Crippen molar-refractivity contribution in [1.29, 1.82) is 0 Å². The maximum Gasteiger partial charge on any atom is 0.191 e. The molecular formula is C20H34N4O. The highest BCUT2D eigenvalue weighted by molar-refractivity contribution is 5.79. The van der Waals surface area contributed by atoms with Crippen molar-refractivity contribution in [3.63, 3.8) is 0 Å². The molecule has 0 aliphatic carbocycles. The van der Waals surface area contributed by atoms with E-state index < -0.39 is 0 Å². The van der Waals surface area contributed by atoms with Crippen LogP contribution < -0.4 is 10.6 Å². The van der Waals surface area contributed by atoms with Gasteiger partial charge in [0.15, 0.2) is 5.96 Å². The second-order valence-electron chi connectivity index (χ2n) is 6.64. The number of aliphatic imine (C=N–C) groups is 1. The van der Waals surface area contributed by atoms with E-state index in [0.717, 1.165) is 42.8 Å². The number of hydrogen-bond donors (Lipinski definition) is 3. The Labute approximate surface area is 152 Å². The summed E-state index contributed by atoms with van der Waals surface area (Å²) in [5, 5.41) is 16.2. The number of aliphatic hydroxyl groups excluding tert-OH is 1. The summed E-state index contributed by atoms with van der Waals surface area (Å²) >= 11 is 0. The Bertz CT molecular complexity index is 532. The Morgan fingerprint density at radius 3 is 2.72 bits per heavy atom. The Morgan fingerprint density at radius 2 is 2.00 bits per heavy atom. The normalized spacial score (nSPS) is 19.0. The summed E-state index contributed by atoms with van der Waals surface area (Å²) < 4.78 is 0. The zero-order valence-corrected chi connectivity index (χ0v) is 15.8. The average Bonchev–Trinajstić information content (AvgIpc) is 2.66. The van der Waals surface area contributed by atoms with Crippen LogP contribution in [0.3, 0.4) is 0 Å². The highest BCUT2D eigenvalue weighted by Gasteiger charge is 2.19. The third kappa shape index (κ3) is 6.33. The molecule has 0 aromatic heterocycles. The van der Waals surface area contributed by atoms with E-state index in [-0.39, 0.29) is 6.61 Å². The van der Waals surface area contributed by atoms with Crippen molar-refractivity contribution in [1.82, 2.24) is 15.5 Å². The molecule has 5 nitrogen and oxygen atoms in total. The summed E-state index contributed by atoms with van der Waals surface area (Å²) in [5.74, 6) is 0.848. The molecule has 1 aliphatic rings. The molecule has 25 heavy (non-hydrogen) atoms. The number of nitrogens with zero attached hydrogens (tertiary/aromatic N) is 2. The lowest BCUT2D eigenvalue weighted by Crippen LogP contribution is -2.45. The molecule has 1 atom stereocenters. The summed E-state index contributed by atoms with van der Waals surface area (Å²) in [6.07, 6.45) is 5.27. The summed E-state index contributed by atoms with van der Waals surface area (Å²) in [4.78, 5) is 7.29. The fourth-order valence-electron chi connectivity index (χ4n) is 3.51. The fraction of sp³-hybridized carbons (Fsp3) is 0.650. The van der Waals surface area contributed by atoms with Crippen molar-refractivity contribution >= 4 is 5.96 Å². The van der Waals surface area contributed by atoms with Gasteiger partial charge in [-0.1, -0.05) is 37.6 Å². The Balaban J connectivity index is 1.87. The quantitative estimate of drug-likeness (QED) is 0.500. The van der Waals surface area contributed by atoms with Gasteiger partial charge in [0.05, 0.1) is 13.2 Å². The zero-order chi connectivity index (χ0) is 17.9. The molecule has 1 aliphatic heterocycles. The van der Waals surface area contributed by atoms with Crippen molar-refractivity contribution in [3.05, 3.63) is 35.4 Å². The highest BCUT2D eigenvalue weighted by atomic mass is 16.3. The van der Waals surface area contributed by atoms with E-state index in [2.05, 4.69) is 34.4 Å². The van der Waals surface area contributed by atoms with E-state index in [4.69, 9.17) is 0 Å². The van der Waals surface area contributed by atoms with Crippen molar-refractivity contribution in [3.8, 4) is 0 Å². The van der Waals surface area contributed by atoms with Gasteiger partial charge in [-0.3, -0.25) is 4.90 Å². The Kier molecular flexibility index (Phi) is 8.77. The smallest absolute Gasteiger partial charge is 0.191 e. The summed E-state index contributed by atoms with van der Waals surface area (Å²) in [7, 11) is 0. The first-order valence-corrected chi connectivity index (χ1v) is 9.72. The fourth-order valence-corrected chi connectivity index (χ4v) is 3.51. The summed E-state index contributed by atoms with van der Waals surface area (Å²) in [6, 6.07) is 8.66. The van der Waals surface area contributed by atoms with Crippen LogP contribution in [0, 0.1) is 0 Å². The van der Waals surface area contributed by atoms with E-state index in [9.17, 15) is 5.11 Å². The lowest BCUT2D eigenvalue weighted by Gasteiger charge is -2.35. The molecule has 1 heterocycles. The third-order valence-corrected chi connectivity index (χ3v) is 4.95. The molecule has 0 saturated carbocycles. The number of rotatable bonds is 8. The number of piperidine rings is 1. The standard InChI is InChI=1S/C20H34N4O/c1-3-19-11-7-8-13-24(19)14-12-22-20(21-4-2)23-15-17-9-5-6-10-18(17)16-25/h5-6,9-10,19,25H,3-4,7-8,11-16H2,1-2H3,(H2,21,22,23). The summed E-state index contributed by atoms with van der Waals surface area (Å²) in [6.45, 7) is 9.04. The van der Waals surface area contributed by atoms with Gasteiger partial charge in [0, 0.05) is 25.7 Å². The number of likely N-dealkylation sites (tertiary alicyclic amines) is 1. The number of aliphatic hydroxyl groups is 1. The average molecular weight is 347 g/mol. The number of guanidine groups is 1. The van der Waals surface area contributed by atoms with Crippen LogP contribution in [0.1, 0.15) is 50.7 Å². The van der Waals surface area contributed by atoms with Gasteiger partial charge < -0.3 is 15.7 Å². The molecule has 0 amide bonds. The second kappa shape index (κ2) is 11.1. The Morgan fingerprint density at radius 1 is 1.20 bits per heavy atom. The van der Waals surface area contributed by atoms with Crippen LogP contribution in [0.2, 0.25) is 0 Å². The second-order valence-corrected chi connectivity index (χ2v) is 6.64. The molecule has 1 fully saturated rings. The molecule has 1 saturated heterocycles. The monoisotopic (exact) mass is 346 g/mol. The van der Waals surface area contributed by atoms with Crippen LogP contribution >= 0.6 is 0 Å². The molecule has 2 rings (SSSR count). The van der Waals surface area contributed by atoms with Gasteiger partial charge >= 0.3 is 0 Å². The van der Waals surface area contributed by atoms with Crippen molar-refractivity contribution in [2.45, 2.75) is 58.7 Å². The minimum atomic E-state index is 0.0586. The maximum atomic E-state index is 9.44. The van der Waals surface area contributed by atoms with Gasteiger partial charge in [-0.15, -0.1) is 0 Å². The molecule has 0 bridgehead atoms. The first kappa shape index (κ1) is 19.7. The van der Waals surface area contributed by atoms with Crippen molar-refractivity contribution in [2.75, 3.05) is 26.2 Å². The predicted octanol–water partition coefficient (Wildman–Crippen LogP) is 2.50. The van der Waals surface area contributed by atoms with Crippen molar-refractivity contribution < 1.29 is 5.11 Å². The molecule has 1 aromatic carbocycles. The molecule has 0 spiro atoms. The van der Waals surface area contributed by atoms with Gasteiger partial charge in [-0.05, 0) is 43.9 Å². The topological polar surface area (TPSA) is 59.9 Å². The molecule has 1 aromatic rings. The number of nitrogens with one attached hydrogen (secondary N) is 2. The van der Waals surface area contributed by atoms with Crippen LogP contribution in [-0.2, 0) is 13.2 Å². The Hall–Kier alpha value is -1.59. The van der Waals surface area contributed by atoms with Gasteiger partial charge in [0.25, 0.3) is 0 Å². The molecule has 140 valence electrons. The summed E-state index contributed by atoms with van der Waals surface area (Å²) in [5.41, 5.74) is 2.02. The van der Waals surface area contributed by atoms with E-state index in [1.807, 2.05) is 24.3 Å². The molecule has 1 unspecified atom stereocenters. The zero-order valence-electron chi connectivity index (χ0n) is 15.8. The van der Waals surface area contributed by atoms with E-state index in [1.165, 1.54) is 32.2 Å². The first-order valence-electron chi connectivity index (χ1n) is 9.72. The largest absolute Gasteiger partial charge is 0.392 e. The predicted molar refractivity (Wildman–Crippen MR) is 105 cm³/mol. The van der Waals surface area contributed by atoms with Gasteiger partial charge in [0.1, 0.15) is 0 Å². The first-order chi connectivity index (χ1) is 12.3. The molecule has 5 heteroatoms. The van der Waals surface area contributed by atoms with Crippen LogP contribution in [0.15, 0.2) is 29.3 Å². The van der Waals surface area contributed by atoms with Gasteiger partial charge in [-0.2, -0.15) is 0 Å². The minimum Gasteiger partial charge on any atom is -0.392 e. The van der Waals surface area contributed by atoms with E-state index in [1.54, 1.807) is 0 Å². The molecule has 3 N–H and O–H groups in total. The van der Waals surface area contributed by atoms with Crippen LogP contribution in [-0.4, -0.2) is 48.2 Å². The molecule has 0 radical (unpaired) electrons. The van der Waals surface area contributed by atoms with Crippen molar-refractivity contribution in [2.24, 2.45) is 4.99 Å². The minimum absolute atomic E-state index is 0.0586. The lowest BCUT2D eigenvalue weighted by molar-refractivity contribution is 0.147. The van der Waals surface area contributed by atoms with Crippen LogP contribution in [0.25, 0.3) is 0 Å². The highest BCUT2D eigenvalue weighted by Crippen LogP contribution is 2.18.